The van der Waals surface area contributed by atoms with Crippen molar-refractivity contribution >= 4 is 15.7 Å². The molecule has 1 aromatic carbocycles. The lowest BCUT2D eigenvalue weighted by Gasteiger charge is -2.25. The molecule has 0 bridgehead atoms. The van der Waals surface area contributed by atoms with Crippen molar-refractivity contribution in [2.45, 2.75) is 11.3 Å². The van der Waals surface area contributed by atoms with Crippen molar-refractivity contribution in [3.63, 3.8) is 0 Å². The zero-order valence-corrected chi connectivity index (χ0v) is 12.6. The van der Waals surface area contributed by atoms with Gasteiger partial charge in [-0.25, -0.2) is 8.42 Å². The molecule has 0 spiro atoms. The number of sulfonamides is 1. The number of hydrogen-bond acceptors (Lipinski definition) is 4. The highest BCUT2D eigenvalue weighted by atomic mass is 32.2. The SMILES string of the molecule is CNc1ccc(S(=O)(=O)N2CC=C(COC)CC2)cc1. The molecule has 1 N–H and O–H groups in total. The predicted molar refractivity (Wildman–Crippen MR) is 79.3 cm³/mol. The Kier molecular flexibility index (Phi) is 4.80. The molecule has 0 aliphatic carbocycles. The zero-order chi connectivity index (χ0) is 14.6. The molecule has 2 rings (SSSR count). The van der Waals surface area contributed by atoms with E-state index in [1.54, 1.807) is 38.4 Å². The lowest BCUT2D eigenvalue weighted by atomic mass is 10.1. The maximum absolute atomic E-state index is 12.5. The first kappa shape index (κ1) is 15.0. The van der Waals surface area contributed by atoms with Gasteiger partial charge in [-0.05, 0) is 36.3 Å². The first-order valence-electron chi connectivity index (χ1n) is 6.52. The van der Waals surface area contributed by atoms with E-state index in [-0.39, 0.29) is 0 Å². The summed E-state index contributed by atoms with van der Waals surface area (Å²) >= 11 is 0. The van der Waals surface area contributed by atoms with Crippen molar-refractivity contribution in [3.8, 4) is 0 Å². The van der Waals surface area contributed by atoms with E-state index < -0.39 is 10.0 Å². The van der Waals surface area contributed by atoms with Gasteiger partial charge in [0.25, 0.3) is 0 Å². The Labute approximate surface area is 120 Å². The minimum atomic E-state index is -3.41. The van der Waals surface area contributed by atoms with E-state index in [0.29, 0.717) is 24.6 Å². The number of nitrogens with one attached hydrogen (secondary N) is 1. The molecule has 110 valence electrons. The third kappa shape index (κ3) is 3.20. The number of benzene rings is 1. The number of ether oxygens (including phenoxy) is 1. The van der Waals surface area contributed by atoms with E-state index in [9.17, 15) is 8.42 Å². The predicted octanol–water partition coefficient (Wildman–Crippen LogP) is 1.70. The highest BCUT2D eigenvalue weighted by Crippen LogP contribution is 2.21. The summed E-state index contributed by atoms with van der Waals surface area (Å²) in [6.07, 6.45) is 2.66. The largest absolute Gasteiger partial charge is 0.388 e. The van der Waals surface area contributed by atoms with E-state index in [1.165, 1.54) is 4.31 Å². The normalized spacial score (nSPS) is 16.8. The Bertz CT molecular complexity index is 579. The Morgan fingerprint density at radius 3 is 2.50 bits per heavy atom. The van der Waals surface area contributed by atoms with Crippen molar-refractivity contribution in [2.75, 3.05) is 39.2 Å². The zero-order valence-electron chi connectivity index (χ0n) is 11.8. The molecule has 1 aliphatic rings. The standard InChI is InChI=1S/C14H20N2O3S/c1-15-13-3-5-14(6-4-13)20(17,18)16-9-7-12(8-10-16)11-19-2/h3-7,15H,8-11H2,1-2H3. The molecule has 20 heavy (non-hydrogen) atoms. The second-order valence-electron chi connectivity index (χ2n) is 4.68. The van der Waals surface area contributed by atoms with Crippen molar-refractivity contribution < 1.29 is 13.2 Å². The van der Waals surface area contributed by atoms with Crippen molar-refractivity contribution in [2.24, 2.45) is 0 Å². The van der Waals surface area contributed by atoms with Crippen molar-refractivity contribution in [3.05, 3.63) is 35.9 Å². The van der Waals surface area contributed by atoms with E-state index in [1.807, 2.05) is 6.08 Å². The molecular formula is C14H20N2O3S. The van der Waals surface area contributed by atoms with E-state index >= 15 is 0 Å². The van der Waals surface area contributed by atoms with Crippen LogP contribution in [0.5, 0.6) is 0 Å². The smallest absolute Gasteiger partial charge is 0.243 e. The van der Waals surface area contributed by atoms with Gasteiger partial charge in [-0.1, -0.05) is 6.08 Å². The molecule has 1 aliphatic heterocycles. The molecule has 0 unspecified atom stereocenters. The summed E-state index contributed by atoms with van der Waals surface area (Å²) < 4.78 is 31.6. The second-order valence-corrected chi connectivity index (χ2v) is 6.62. The van der Waals surface area contributed by atoms with Crippen LogP contribution < -0.4 is 5.32 Å². The lowest BCUT2D eigenvalue weighted by molar-refractivity contribution is 0.219. The summed E-state index contributed by atoms with van der Waals surface area (Å²) in [4.78, 5) is 0.333. The van der Waals surface area contributed by atoms with Gasteiger partial charge in [0.1, 0.15) is 0 Å². The average molecular weight is 296 g/mol. The van der Waals surface area contributed by atoms with Gasteiger partial charge >= 0.3 is 0 Å². The third-order valence-electron chi connectivity index (χ3n) is 3.38. The number of anilines is 1. The van der Waals surface area contributed by atoms with Crippen LogP contribution in [-0.2, 0) is 14.8 Å². The highest BCUT2D eigenvalue weighted by molar-refractivity contribution is 7.89. The van der Waals surface area contributed by atoms with Gasteiger partial charge in [0, 0.05) is 32.9 Å². The second kappa shape index (κ2) is 6.39. The minimum absolute atomic E-state index is 0.333. The topological polar surface area (TPSA) is 58.6 Å². The van der Waals surface area contributed by atoms with Gasteiger partial charge in [-0.15, -0.1) is 0 Å². The third-order valence-corrected chi connectivity index (χ3v) is 5.26. The van der Waals surface area contributed by atoms with Gasteiger partial charge < -0.3 is 10.1 Å². The first-order chi connectivity index (χ1) is 9.57. The summed E-state index contributed by atoms with van der Waals surface area (Å²) in [5.41, 5.74) is 2.05. The Balaban J connectivity index is 2.15. The average Bonchev–Trinajstić information content (AvgIpc) is 2.48. The Morgan fingerprint density at radius 1 is 1.30 bits per heavy atom. The van der Waals surface area contributed by atoms with Crippen LogP contribution in [-0.4, -0.2) is 46.6 Å². The molecule has 0 saturated heterocycles. The number of rotatable bonds is 5. The van der Waals surface area contributed by atoms with Gasteiger partial charge in [0.05, 0.1) is 11.5 Å². The number of hydrogen-bond donors (Lipinski definition) is 1. The fourth-order valence-electron chi connectivity index (χ4n) is 2.17. The molecule has 0 saturated carbocycles. The minimum Gasteiger partial charge on any atom is -0.388 e. The maximum atomic E-state index is 12.5. The summed E-state index contributed by atoms with van der Waals surface area (Å²) in [5.74, 6) is 0. The fraction of sp³-hybridized carbons (Fsp3) is 0.429. The summed E-state index contributed by atoms with van der Waals surface area (Å²) in [5, 5.41) is 2.97. The van der Waals surface area contributed by atoms with Crippen LogP contribution in [0, 0.1) is 0 Å². The molecule has 1 aromatic rings. The Morgan fingerprint density at radius 2 is 2.00 bits per heavy atom. The number of nitrogens with zero attached hydrogens (tertiary/aromatic N) is 1. The molecule has 0 atom stereocenters. The van der Waals surface area contributed by atoms with Crippen LogP contribution in [0.15, 0.2) is 40.8 Å². The fourth-order valence-corrected chi connectivity index (χ4v) is 3.55. The monoisotopic (exact) mass is 296 g/mol. The lowest BCUT2D eigenvalue weighted by Crippen LogP contribution is -2.35. The molecule has 0 radical (unpaired) electrons. The van der Waals surface area contributed by atoms with Crippen molar-refractivity contribution in [1.29, 1.82) is 0 Å². The molecule has 0 aromatic heterocycles. The quantitative estimate of drug-likeness (QED) is 0.840. The van der Waals surface area contributed by atoms with Crippen LogP contribution in [0.2, 0.25) is 0 Å². The van der Waals surface area contributed by atoms with Crippen LogP contribution >= 0.6 is 0 Å². The van der Waals surface area contributed by atoms with Gasteiger partial charge in [-0.2, -0.15) is 4.31 Å². The highest BCUT2D eigenvalue weighted by Gasteiger charge is 2.25. The van der Waals surface area contributed by atoms with E-state index in [0.717, 1.165) is 17.7 Å². The van der Waals surface area contributed by atoms with Gasteiger partial charge in [-0.3, -0.25) is 0 Å². The van der Waals surface area contributed by atoms with Gasteiger partial charge in [0.2, 0.25) is 10.0 Å². The van der Waals surface area contributed by atoms with E-state index in [2.05, 4.69) is 5.32 Å². The summed E-state index contributed by atoms with van der Waals surface area (Å²) in [7, 11) is 0.0427. The van der Waals surface area contributed by atoms with E-state index in [4.69, 9.17) is 4.74 Å². The van der Waals surface area contributed by atoms with Crippen LogP contribution in [0.3, 0.4) is 0 Å². The van der Waals surface area contributed by atoms with Crippen LogP contribution in [0.25, 0.3) is 0 Å². The van der Waals surface area contributed by atoms with Crippen LogP contribution in [0.1, 0.15) is 6.42 Å². The number of methoxy groups -OCH3 is 1. The maximum Gasteiger partial charge on any atom is 0.243 e. The summed E-state index contributed by atoms with van der Waals surface area (Å²) in [6.45, 7) is 1.49. The molecule has 1 heterocycles. The Hall–Kier alpha value is -1.37. The molecule has 0 amide bonds. The molecular weight excluding hydrogens is 276 g/mol. The van der Waals surface area contributed by atoms with Crippen molar-refractivity contribution in [1.82, 2.24) is 4.31 Å². The molecule has 5 nitrogen and oxygen atoms in total. The molecule has 6 heteroatoms. The summed E-state index contributed by atoms with van der Waals surface area (Å²) in [6, 6.07) is 6.80. The molecule has 0 fully saturated rings. The van der Waals surface area contributed by atoms with Gasteiger partial charge in [0.15, 0.2) is 0 Å². The first-order valence-corrected chi connectivity index (χ1v) is 7.96. The van der Waals surface area contributed by atoms with Crippen LogP contribution in [0.4, 0.5) is 5.69 Å².